The van der Waals surface area contributed by atoms with Gasteiger partial charge in [0.2, 0.25) is 5.91 Å². The molecule has 0 aliphatic carbocycles. The van der Waals surface area contributed by atoms with Gasteiger partial charge >= 0.3 is 4.87 Å². The highest BCUT2D eigenvalue weighted by Crippen LogP contribution is 2.25. The summed E-state index contributed by atoms with van der Waals surface area (Å²) in [5.74, 6) is -0.105. The Kier molecular flexibility index (Phi) is 4.08. The molecular weight excluding hydrogens is 330 g/mol. The fourth-order valence-corrected chi connectivity index (χ4v) is 3.31. The van der Waals surface area contributed by atoms with Gasteiger partial charge in [-0.25, -0.2) is 4.98 Å². The number of carbonyl (C=O) groups excluding carboxylic acids is 1. The molecule has 1 amide bonds. The zero-order valence-corrected chi connectivity index (χ0v) is 13.0. The first kappa shape index (κ1) is 14.9. The number of pyridine rings is 1. The Balaban J connectivity index is 1.81. The van der Waals surface area contributed by atoms with E-state index in [0.717, 1.165) is 11.3 Å². The number of amides is 1. The monoisotopic (exact) mass is 341 g/mol. The number of carbonyl (C=O) groups is 1. The fourth-order valence-electron chi connectivity index (χ4n) is 2.39. The first-order valence-corrected chi connectivity index (χ1v) is 7.80. The molecular formula is C12H12ClN5O3S. The highest BCUT2D eigenvalue weighted by molar-refractivity contribution is 7.15. The summed E-state index contributed by atoms with van der Waals surface area (Å²) in [6, 6.07) is 0. The second-order valence-electron chi connectivity index (χ2n) is 4.87. The van der Waals surface area contributed by atoms with Gasteiger partial charge in [-0.1, -0.05) is 22.9 Å². The summed E-state index contributed by atoms with van der Waals surface area (Å²) in [6.07, 6.45) is 1.53. The number of nitrogens with zero attached hydrogens (tertiary/aromatic N) is 4. The molecule has 0 bridgehead atoms. The number of hydrogen-bond donors (Lipinski definition) is 1. The molecule has 10 heteroatoms. The number of rotatable bonds is 3. The first-order chi connectivity index (χ1) is 10.6. The molecule has 1 aliphatic heterocycles. The van der Waals surface area contributed by atoms with Crippen molar-refractivity contribution in [2.75, 3.05) is 26.2 Å². The van der Waals surface area contributed by atoms with Crippen LogP contribution in [0.25, 0.3) is 10.3 Å². The fraction of sp³-hybridized carbons (Fsp3) is 0.417. The Hall–Kier alpha value is -2.00. The average molecular weight is 342 g/mol. The number of nitroso groups, excluding NO2 is 1. The van der Waals surface area contributed by atoms with Crippen molar-refractivity contribution in [2.45, 2.75) is 6.42 Å². The molecule has 116 valence electrons. The van der Waals surface area contributed by atoms with E-state index in [0.29, 0.717) is 47.1 Å². The highest BCUT2D eigenvalue weighted by atomic mass is 35.5. The summed E-state index contributed by atoms with van der Waals surface area (Å²) in [7, 11) is 0. The molecule has 1 saturated heterocycles. The predicted octanol–water partition coefficient (Wildman–Crippen LogP) is 1.01. The number of aromatic nitrogens is 2. The van der Waals surface area contributed by atoms with Crippen molar-refractivity contribution in [1.29, 1.82) is 0 Å². The molecule has 3 heterocycles. The number of aromatic amines is 1. The van der Waals surface area contributed by atoms with Crippen molar-refractivity contribution in [1.82, 2.24) is 19.9 Å². The van der Waals surface area contributed by atoms with Gasteiger partial charge in [0.15, 0.2) is 0 Å². The SMILES string of the molecule is O=NN1CCN(C(=O)Cc2c(Cl)cnc3sc(=O)[nH]c23)CC1. The second kappa shape index (κ2) is 6.01. The van der Waals surface area contributed by atoms with Crippen LogP contribution in [0.15, 0.2) is 16.3 Å². The molecule has 3 rings (SSSR count). The number of piperazine rings is 1. The maximum atomic E-state index is 12.4. The molecule has 2 aromatic heterocycles. The van der Waals surface area contributed by atoms with Gasteiger partial charge in [-0.3, -0.25) is 14.6 Å². The molecule has 0 radical (unpaired) electrons. The van der Waals surface area contributed by atoms with Crippen LogP contribution in [-0.2, 0) is 11.2 Å². The zero-order chi connectivity index (χ0) is 15.7. The van der Waals surface area contributed by atoms with Gasteiger partial charge in [-0.05, 0) is 0 Å². The molecule has 0 aromatic carbocycles. The summed E-state index contributed by atoms with van der Waals surface area (Å²) in [4.78, 5) is 43.0. The number of thiazole rings is 1. The van der Waals surface area contributed by atoms with Crippen LogP contribution >= 0.6 is 22.9 Å². The van der Waals surface area contributed by atoms with E-state index < -0.39 is 0 Å². The van der Waals surface area contributed by atoms with E-state index in [1.54, 1.807) is 4.90 Å². The van der Waals surface area contributed by atoms with Crippen LogP contribution in [0.1, 0.15) is 5.56 Å². The summed E-state index contributed by atoms with van der Waals surface area (Å²) < 4.78 is 0. The summed E-state index contributed by atoms with van der Waals surface area (Å²) in [6.45, 7) is 1.72. The minimum absolute atomic E-state index is 0.0824. The molecule has 0 saturated carbocycles. The number of H-pyrrole nitrogens is 1. The molecule has 1 N–H and O–H groups in total. The minimum Gasteiger partial charge on any atom is -0.339 e. The summed E-state index contributed by atoms with van der Waals surface area (Å²) in [5.41, 5.74) is 1.09. The Morgan fingerprint density at radius 1 is 1.41 bits per heavy atom. The van der Waals surface area contributed by atoms with Gasteiger partial charge in [0, 0.05) is 24.8 Å². The van der Waals surface area contributed by atoms with Crippen LogP contribution in [-0.4, -0.2) is 52.0 Å². The number of nitrogens with one attached hydrogen (secondary N) is 1. The third kappa shape index (κ3) is 2.81. The lowest BCUT2D eigenvalue weighted by atomic mass is 10.1. The van der Waals surface area contributed by atoms with E-state index in [-0.39, 0.29) is 17.2 Å². The van der Waals surface area contributed by atoms with Gasteiger partial charge in [-0.15, -0.1) is 4.91 Å². The standard InChI is InChI=1S/C12H12ClN5O3S/c13-8-6-14-11-10(15-12(20)22-11)7(8)5-9(19)17-1-3-18(16-21)4-2-17/h6H,1-5H2,(H,15,20). The predicted molar refractivity (Wildman–Crippen MR) is 82.9 cm³/mol. The Bertz CT molecular complexity index is 781. The lowest BCUT2D eigenvalue weighted by Crippen LogP contribution is -2.47. The molecule has 22 heavy (non-hydrogen) atoms. The van der Waals surface area contributed by atoms with E-state index >= 15 is 0 Å². The topological polar surface area (TPSA) is 98.7 Å². The van der Waals surface area contributed by atoms with Gasteiger partial charge in [-0.2, -0.15) is 0 Å². The largest absolute Gasteiger partial charge is 0.339 e. The van der Waals surface area contributed by atoms with E-state index in [2.05, 4.69) is 15.3 Å². The average Bonchev–Trinajstić information content (AvgIpc) is 2.91. The van der Waals surface area contributed by atoms with Crippen molar-refractivity contribution in [3.05, 3.63) is 31.4 Å². The Labute approximate surface area is 133 Å². The van der Waals surface area contributed by atoms with Gasteiger partial charge in [0.1, 0.15) is 4.83 Å². The van der Waals surface area contributed by atoms with Crippen molar-refractivity contribution < 1.29 is 4.79 Å². The lowest BCUT2D eigenvalue weighted by molar-refractivity contribution is -0.132. The van der Waals surface area contributed by atoms with E-state index in [1.807, 2.05) is 0 Å². The van der Waals surface area contributed by atoms with Gasteiger partial charge in [0.25, 0.3) is 0 Å². The Morgan fingerprint density at radius 2 is 2.14 bits per heavy atom. The van der Waals surface area contributed by atoms with Crippen LogP contribution in [0.5, 0.6) is 0 Å². The van der Waals surface area contributed by atoms with Crippen molar-refractivity contribution >= 4 is 39.2 Å². The van der Waals surface area contributed by atoms with Crippen LogP contribution in [0.3, 0.4) is 0 Å². The Morgan fingerprint density at radius 3 is 2.82 bits per heavy atom. The maximum Gasteiger partial charge on any atom is 0.307 e. The van der Waals surface area contributed by atoms with Crippen LogP contribution in [0, 0.1) is 4.91 Å². The third-order valence-electron chi connectivity index (χ3n) is 3.57. The summed E-state index contributed by atoms with van der Waals surface area (Å²) >= 11 is 7.11. The minimum atomic E-state index is -0.232. The van der Waals surface area contributed by atoms with Crippen molar-refractivity contribution in [3.63, 3.8) is 0 Å². The molecule has 2 aromatic rings. The highest BCUT2D eigenvalue weighted by Gasteiger charge is 2.23. The third-order valence-corrected chi connectivity index (χ3v) is 4.68. The van der Waals surface area contributed by atoms with E-state index in [9.17, 15) is 14.5 Å². The van der Waals surface area contributed by atoms with Crippen molar-refractivity contribution in [2.24, 2.45) is 5.29 Å². The van der Waals surface area contributed by atoms with Crippen LogP contribution < -0.4 is 4.87 Å². The number of fused-ring (bicyclic) bond motifs is 1. The molecule has 1 fully saturated rings. The first-order valence-electron chi connectivity index (χ1n) is 6.60. The zero-order valence-electron chi connectivity index (χ0n) is 11.4. The van der Waals surface area contributed by atoms with Crippen LogP contribution in [0.2, 0.25) is 5.02 Å². The summed E-state index contributed by atoms with van der Waals surface area (Å²) in [5, 5.41) is 4.60. The molecule has 1 aliphatic rings. The normalized spacial score (nSPS) is 15.3. The second-order valence-corrected chi connectivity index (χ2v) is 6.24. The lowest BCUT2D eigenvalue weighted by Gasteiger charge is -2.31. The van der Waals surface area contributed by atoms with Gasteiger partial charge in [0.05, 0.1) is 35.3 Å². The smallest absolute Gasteiger partial charge is 0.307 e. The number of halogens is 1. The molecule has 0 spiro atoms. The molecule has 0 unspecified atom stereocenters. The van der Waals surface area contributed by atoms with Crippen LogP contribution in [0.4, 0.5) is 0 Å². The van der Waals surface area contributed by atoms with Crippen molar-refractivity contribution in [3.8, 4) is 0 Å². The molecule has 8 nitrogen and oxygen atoms in total. The quantitative estimate of drug-likeness (QED) is 0.840. The molecule has 0 atom stereocenters. The van der Waals surface area contributed by atoms with E-state index in [4.69, 9.17) is 11.6 Å². The maximum absolute atomic E-state index is 12.4. The number of hydrogen-bond acceptors (Lipinski definition) is 6. The van der Waals surface area contributed by atoms with E-state index in [1.165, 1.54) is 11.2 Å². The van der Waals surface area contributed by atoms with Gasteiger partial charge < -0.3 is 9.88 Å².